The van der Waals surface area contributed by atoms with Gasteiger partial charge in [0, 0.05) is 24.6 Å². The van der Waals surface area contributed by atoms with Crippen molar-refractivity contribution >= 4 is 17.8 Å². The normalized spacial score (nSPS) is 16.0. The van der Waals surface area contributed by atoms with Crippen LogP contribution in [0.2, 0.25) is 0 Å². The number of para-hydroxylation sites is 1. The Labute approximate surface area is 242 Å². The van der Waals surface area contributed by atoms with Gasteiger partial charge in [-0.05, 0) is 31.4 Å². The number of aliphatic carboxylic acids is 1. The van der Waals surface area contributed by atoms with Crippen LogP contribution in [0.5, 0.6) is 5.75 Å². The maximum absolute atomic E-state index is 13.3. The van der Waals surface area contributed by atoms with Crippen molar-refractivity contribution in [1.82, 2.24) is 4.90 Å². The molecule has 1 saturated heterocycles. The molecule has 37 heavy (non-hydrogen) atoms. The van der Waals surface area contributed by atoms with Crippen LogP contribution in [0.15, 0.2) is 78.9 Å². The molecule has 6 nitrogen and oxygen atoms in total. The Morgan fingerprint density at radius 1 is 0.973 bits per heavy atom. The van der Waals surface area contributed by atoms with Gasteiger partial charge in [-0.1, -0.05) is 48.0 Å². The number of amides is 1. The molecule has 1 N–H and O–H groups in total. The Bertz CT molecular complexity index is 1150. The number of carboxylic acids is 1. The fourth-order valence-corrected chi connectivity index (χ4v) is 3.97. The number of nitrogens with zero attached hydrogens (tertiary/aromatic N) is 1. The Hall–Kier alpha value is -3.01. The smallest absolute Gasteiger partial charge is 0.503 e. The number of carboxylic acid groups (broad SMARTS) is 1. The maximum atomic E-state index is 13.3. The predicted octanol–water partition coefficient (Wildman–Crippen LogP) is 5.65. The molecule has 0 bridgehead atoms. The minimum Gasteiger partial charge on any atom is -0.503 e. The van der Waals surface area contributed by atoms with E-state index in [9.17, 15) is 14.4 Å². The van der Waals surface area contributed by atoms with Gasteiger partial charge in [0.1, 0.15) is 5.75 Å². The number of carbonyl (C=O) groups excluding carboxylic acids is 2. The molecule has 7 heteroatoms. The molecule has 0 saturated carbocycles. The zero-order valence-electron chi connectivity index (χ0n) is 21.3. The molecule has 2 atom stereocenters. The number of hydrogen-bond acceptors (Lipinski definition) is 4. The first-order valence-electron chi connectivity index (χ1n) is 11.9. The Morgan fingerprint density at radius 2 is 1.57 bits per heavy atom. The van der Waals surface area contributed by atoms with E-state index in [2.05, 4.69) is 6.07 Å². The van der Waals surface area contributed by atoms with E-state index in [1.165, 1.54) is 0 Å². The zero-order chi connectivity index (χ0) is 26.1. The van der Waals surface area contributed by atoms with Crippen molar-refractivity contribution in [1.29, 1.82) is 0 Å². The number of ether oxygens (including phenoxy) is 1. The molecule has 1 aliphatic heterocycles. The SMILES string of the molecule is C[C-](C)C(=O)O.Cc1ccc(C(=O)[C@@H]2CN(C(=O)Oc3ccccc3)C[C@H]2Cc2cc[c-]cc2)cc1.[U+2]. The largest absolute Gasteiger partial charge is 2.00 e. The molecule has 190 valence electrons. The number of rotatable bonds is 6. The van der Waals surface area contributed by atoms with E-state index < -0.39 is 12.1 Å². The Kier molecular flexibility index (Phi) is 12.0. The third-order valence-electron chi connectivity index (χ3n) is 6.03. The third kappa shape index (κ3) is 9.11. The van der Waals surface area contributed by atoms with Crippen molar-refractivity contribution < 1.29 is 55.3 Å². The summed E-state index contributed by atoms with van der Waals surface area (Å²) in [6, 6.07) is 27.5. The van der Waals surface area contributed by atoms with Crippen LogP contribution in [0.4, 0.5) is 4.79 Å². The number of hydrogen-bond donors (Lipinski definition) is 1. The van der Waals surface area contributed by atoms with Crippen LogP contribution in [0.1, 0.15) is 35.3 Å². The summed E-state index contributed by atoms with van der Waals surface area (Å²) in [5, 5.41) is 7.95. The summed E-state index contributed by atoms with van der Waals surface area (Å²) < 4.78 is 5.52. The second-order valence-corrected chi connectivity index (χ2v) is 9.10. The van der Waals surface area contributed by atoms with Gasteiger partial charge in [0.05, 0.1) is 0 Å². The van der Waals surface area contributed by atoms with Crippen molar-refractivity contribution in [3.8, 4) is 5.75 Å². The molecular formula is C30H31NO5U. The molecule has 0 aliphatic carbocycles. The van der Waals surface area contributed by atoms with E-state index in [1.54, 1.807) is 30.9 Å². The number of likely N-dealkylation sites (tertiary alicyclic amines) is 1. The van der Waals surface area contributed by atoms with Gasteiger partial charge in [0.15, 0.2) is 11.8 Å². The standard InChI is InChI=1S/C26H24NO3.C4H7O2.U/c1-19-12-14-21(15-13-19)25(28)24-18-27(26(29)30-23-10-6-3-7-11-23)17-22(24)16-20-8-4-2-5-9-20;1-3(2)4(5)6;/h3-15,22,24H,16-18H2,1H3;1-2H3,(H,5,6);/q2*-1;+2/t22-,24-;;/m1../s1. The number of Topliss-reactive ketones (excluding diaryl/α,β-unsaturated/α-hetero) is 1. The van der Waals surface area contributed by atoms with E-state index in [-0.39, 0.29) is 48.7 Å². The van der Waals surface area contributed by atoms with Crippen LogP contribution in [0.3, 0.4) is 0 Å². The number of aryl methyl sites for hydroxylation is 1. The average Bonchev–Trinajstić information content (AvgIpc) is 3.29. The molecular weight excluding hydrogens is 692 g/mol. The minimum absolute atomic E-state index is 0. The van der Waals surface area contributed by atoms with Crippen LogP contribution >= 0.6 is 0 Å². The molecule has 4 rings (SSSR count). The topological polar surface area (TPSA) is 83.9 Å². The van der Waals surface area contributed by atoms with Gasteiger partial charge in [0.25, 0.3) is 0 Å². The molecule has 1 amide bonds. The second-order valence-electron chi connectivity index (χ2n) is 9.10. The Balaban J connectivity index is 0.000000618. The van der Waals surface area contributed by atoms with Crippen molar-refractivity contribution in [2.75, 3.05) is 13.1 Å². The second kappa shape index (κ2) is 14.7. The quantitative estimate of drug-likeness (QED) is 0.263. The van der Waals surface area contributed by atoms with Gasteiger partial charge in [-0.2, -0.15) is 49.7 Å². The molecule has 1 fully saturated rings. The summed E-state index contributed by atoms with van der Waals surface area (Å²) in [5.41, 5.74) is 2.94. The number of ketones is 1. The molecule has 1 aliphatic rings. The average molecular weight is 724 g/mol. The molecule has 1 heterocycles. The zero-order valence-corrected chi connectivity index (χ0v) is 25.5. The molecule has 0 aromatic heterocycles. The first kappa shape index (κ1) is 30.2. The molecule has 0 radical (unpaired) electrons. The van der Waals surface area contributed by atoms with Crippen LogP contribution < -0.4 is 4.74 Å². The Morgan fingerprint density at radius 3 is 2.14 bits per heavy atom. The van der Waals surface area contributed by atoms with Gasteiger partial charge >= 0.3 is 37.2 Å². The first-order chi connectivity index (χ1) is 17.2. The van der Waals surface area contributed by atoms with Crippen molar-refractivity contribution in [3.05, 3.63) is 108 Å². The van der Waals surface area contributed by atoms with Crippen LogP contribution in [-0.2, 0) is 11.2 Å². The summed E-state index contributed by atoms with van der Waals surface area (Å²) in [7, 11) is 0. The summed E-state index contributed by atoms with van der Waals surface area (Å²) in [5.74, 6) is -0.0433. The van der Waals surface area contributed by atoms with E-state index in [4.69, 9.17) is 9.84 Å². The van der Waals surface area contributed by atoms with E-state index >= 15 is 0 Å². The van der Waals surface area contributed by atoms with Crippen molar-refractivity contribution in [2.24, 2.45) is 11.8 Å². The van der Waals surface area contributed by atoms with Gasteiger partial charge in [0.2, 0.25) is 0 Å². The van der Waals surface area contributed by atoms with E-state index in [1.807, 2.05) is 73.7 Å². The van der Waals surface area contributed by atoms with Gasteiger partial charge < -0.3 is 14.7 Å². The van der Waals surface area contributed by atoms with Crippen LogP contribution in [-0.4, -0.2) is 40.9 Å². The maximum Gasteiger partial charge on any atom is 2.00 e. The van der Waals surface area contributed by atoms with E-state index in [0.717, 1.165) is 17.5 Å². The number of benzene rings is 3. The molecule has 0 spiro atoms. The van der Waals surface area contributed by atoms with Gasteiger partial charge in [-0.3, -0.25) is 15.5 Å². The molecule has 3 aromatic rings. The van der Waals surface area contributed by atoms with Crippen LogP contribution in [0, 0.1) is 61.9 Å². The minimum atomic E-state index is -0.824. The summed E-state index contributed by atoms with van der Waals surface area (Å²) >= 11 is 0. The first-order valence-corrected chi connectivity index (χ1v) is 11.9. The fraction of sp³-hybridized carbons (Fsp3) is 0.267. The molecule has 3 aromatic carbocycles. The summed E-state index contributed by atoms with van der Waals surface area (Å²) in [4.78, 5) is 37.4. The van der Waals surface area contributed by atoms with Crippen molar-refractivity contribution in [3.63, 3.8) is 0 Å². The number of carbonyl (C=O) groups is 3. The monoisotopic (exact) mass is 723 g/mol. The van der Waals surface area contributed by atoms with Gasteiger partial charge in [-0.25, -0.2) is 4.79 Å². The van der Waals surface area contributed by atoms with Crippen LogP contribution in [0.25, 0.3) is 0 Å². The predicted molar refractivity (Wildman–Crippen MR) is 138 cm³/mol. The van der Waals surface area contributed by atoms with E-state index in [0.29, 0.717) is 30.3 Å². The van der Waals surface area contributed by atoms with Gasteiger partial charge in [-0.15, -0.1) is 0 Å². The molecule has 0 unspecified atom stereocenters. The van der Waals surface area contributed by atoms with Crippen molar-refractivity contribution in [2.45, 2.75) is 27.2 Å². The fourth-order valence-electron chi connectivity index (χ4n) is 3.97. The summed E-state index contributed by atoms with van der Waals surface area (Å²) in [6.45, 7) is 5.97. The summed E-state index contributed by atoms with van der Waals surface area (Å²) in [6.07, 6.45) is 0.318. The third-order valence-corrected chi connectivity index (χ3v) is 6.03.